The lowest BCUT2D eigenvalue weighted by Gasteiger charge is -2.09. The third-order valence-corrected chi connectivity index (χ3v) is 4.32. The van der Waals surface area contributed by atoms with E-state index in [2.05, 4.69) is 23.2 Å². The number of rotatable bonds is 4. The number of nitrogens with two attached hydrogens (primary N) is 1. The highest BCUT2D eigenvalue weighted by Gasteiger charge is 2.11. The zero-order chi connectivity index (χ0) is 17.2. The second kappa shape index (κ2) is 6.24. The molecule has 0 aliphatic carbocycles. The first-order chi connectivity index (χ1) is 12.2. The summed E-state index contributed by atoms with van der Waals surface area (Å²) in [6, 6.07) is 21.8. The van der Waals surface area contributed by atoms with Crippen LogP contribution in [0.3, 0.4) is 0 Å². The number of aromatic nitrogens is 2. The van der Waals surface area contributed by atoms with Crippen molar-refractivity contribution in [1.82, 2.24) is 9.55 Å². The molecule has 0 saturated heterocycles. The van der Waals surface area contributed by atoms with E-state index in [4.69, 9.17) is 5.73 Å². The molecular formula is C21H17N3O. The quantitative estimate of drug-likeness (QED) is 0.619. The van der Waals surface area contributed by atoms with Gasteiger partial charge in [0.05, 0.1) is 23.3 Å². The molecule has 0 atom stereocenters. The maximum atomic E-state index is 11.7. The number of fused-ring (bicyclic) bond motifs is 1. The lowest BCUT2D eigenvalue weighted by Crippen LogP contribution is -2.13. The zero-order valence-electron chi connectivity index (χ0n) is 13.6. The maximum Gasteiger partial charge on any atom is 0.250 e. The zero-order valence-corrected chi connectivity index (χ0v) is 13.6. The smallest absolute Gasteiger partial charge is 0.250 e. The predicted octanol–water partition coefficient (Wildman–Crippen LogP) is 3.85. The Morgan fingerprint density at radius 1 is 0.920 bits per heavy atom. The van der Waals surface area contributed by atoms with Crippen molar-refractivity contribution in [2.45, 2.75) is 6.54 Å². The first-order valence-corrected chi connectivity index (χ1v) is 8.10. The van der Waals surface area contributed by atoms with E-state index >= 15 is 0 Å². The lowest BCUT2D eigenvalue weighted by molar-refractivity contribution is 0.100. The normalized spacial score (nSPS) is 10.9. The maximum absolute atomic E-state index is 11.7. The fourth-order valence-corrected chi connectivity index (χ4v) is 3.09. The average molecular weight is 327 g/mol. The van der Waals surface area contributed by atoms with Gasteiger partial charge < -0.3 is 10.3 Å². The summed E-state index contributed by atoms with van der Waals surface area (Å²) in [5.74, 6) is -0.419. The third kappa shape index (κ3) is 2.90. The van der Waals surface area contributed by atoms with E-state index in [9.17, 15) is 4.79 Å². The Hall–Kier alpha value is -3.40. The van der Waals surface area contributed by atoms with Gasteiger partial charge in [0.2, 0.25) is 0 Å². The van der Waals surface area contributed by atoms with E-state index in [1.165, 1.54) is 0 Å². The Labute approximate surface area is 145 Å². The number of carbonyl (C=O) groups excluding carboxylic acids is 1. The third-order valence-electron chi connectivity index (χ3n) is 4.32. The van der Waals surface area contributed by atoms with Crippen LogP contribution in [0.1, 0.15) is 16.1 Å². The van der Waals surface area contributed by atoms with Crippen LogP contribution in [0.2, 0.25) is 0 Å². The highest BCUT2D eigenvalue weighted by Crippen LogP contribution is 2.22. The van der Waals surface area contributed by atoms with Crippen LogP contribution in [0.25, 0.3) is 22.0 Å². The van der Waals surface area contributed by atoms with Crippen LogP contribution in [-0.2, 0) is 6.54 Å². The molecule has 4 rings (SSSR count). The molecule has 122 valence electrons. The van der Waals surface area contributed by atoms with Crippen molar-refractivity contribution in [3.63, 3.8) is 0 Å². The Morgan fingerprint density at radius 2 is 1.76 bits per heavy atom. The summed E-state index contributed by atoms with van der Waals surface area (Å²) in [7, 11) is 0. The van der Waals surface area contributed by atoms with Gasteiger partial charge in [-0.25, -0.2) is 0 Å². The number of para-hydroxylation sites is 1. The molecule has 4 aromatic rings. The molecule has 0 fully saturated rings. The Kier molecular flexibility index (Phi) is 3.78. The highest BCUT2D eigenvalue weighted by molar-refractivity contribution is 6.05. The second-order valence-corrected chi connectivity index (χ2v) is 5.96. The molecule has 0 aliphatic rings. The van der Waals surface area contributed by atoms with Gasteiger partial charge in [0, 0.05) is 23.3 Å². The summed E-state index contributed by atoms with van der Waals surface area (Å²) < 4.78 is 2.01. The monoisotopic (exact) mass is 327 g/mol. The van der Waals surface area contributed by atoms with Gasteiger partial charge >= 0.3 is 0 Å². The van der Waals surface area contributed by atoms with E-state index in [1.807, 2.05) is 59.4 Å². The van der Waals surface area contributed by atoms with Crippen molar-refractivity contribution >= 4 is 16.8 Å². The van der Waals surface area contributed by atoms with E-state index in [-0.39, 0.29) is 0 Å². The summed E-state index contributed by atoms with van der Waals surface area (Å²) in [6.45, 7) is 0.586. The summed E-state index contributed by atoms with van der Waals surface area (Å²) in [4.78, 5) is 16.3. The summed E-state index contributed by atoms with van der Waals surface area (Å²) in [5.41, 5.74) is 10.1. The number of hydrogen-bond donors (Lipinski definition) is 1. The van der Waals surface area contributed by atoms with Gasteiger partial charge in [-0.1, -0.05) is 48.5 Å². The predicted molar refractivity (Wildman–Crippen MR) is 99.2 cm³/mol. The van der Waals surface area contributed by atoms with Crippen molar-refractivity contribution < 1.29 is 4.79 Å². The average Bonchev–Trinajstić information content (AvgIpc) is 3.06. The molecule has 0 bridgehead atoms. The minimum absolute atomic E-state index is 0.419. The van der Waals surface area contributed by atoms with Gasteiger partial charge in [-0.3, -0.25) is 9.78 Å². The van der Waals surface area contributed by atoms with Gasteiger partial charge in [0.15, 0.2) is 0 Å². The standard InChI is InChI=1S/C21H17N3O/c22-21(25)19-8-4-7-16-11-12-24(20(16)19)14-18-10-9-17(13-23-18)15-5-2-1-3-6-15/h1-13H,14H2,(H2,22,25). The molecule has 4 nitrogen and oxygen atoms in total. The summed E-state index contributed by atoms with van der Waals surface area (Å²) in [5, 5.41) is 0.997. The van der Waals surface area contributed by atoms with E-state index in [0.29, 0.717) is 12.1 Å². The van der Waals surface area contributed by atoms with Gasteiger partial charge in [0.25, 0.3) is 5.91 Å². The number of hydrogen-bond acceptors (Lipinski definition) is 2. The molecule has 0 unspecified atom stereocenters. The molecule has 0 saturated carbocycles. The Morgan fingerprint density at radius 3 is 2.48 bits per heavy atom. The number of amides is 1. The van der Waals surface area contributed by atoms with Crippen molar-refractivity contribution in [3.8, 4) is 11.1 Å². The number of benzene rings is 2. The lowest BCUT2D eigenvalue weighted by atomic mass is 10.1. The van der Waals surface area contributed by atoms with Gasteiger partial charge in [-0.15, -0.1) is 0 Å². The molecule has 2 N–H and O–H groups in total. The molecule has 0 spiro atoms. The number of primary amides is 1. The molecule has 2 aromatic heterocycles. The Balaban J connectivity index is 1.67. The van der Waals surface area contributed by atoms with Crippen LogP contribution in [0.4, 0.5) is 0 Å². The van der Waals surface area contributed by atoms with Gasteiger partial charge in [0.1, 0.15) is 0 Å². The van der Waals surface area contributed by atoms with Crippen LogP contribution in [0.15, 0.2) is 79.1 Å². The van der Waals surface area contributed by atoms with Gasteiger partial charge in [-0.2, -0.15) is 0 Å². The largest absolute Gasteiger partial charge is 0.366 e. The van der Waals surface area contributed by atoms with Crippen LogP contribution >= 0.6 is 0 Å². The van der Waals surface area contributed by atoms with E-state index < -0.39 is 5.91 Å². The SMILES string of the molecule is NC(=O)c1cccc2ccn(Cc3ccc(-c4ccccc4)cn3)c12. The fraction of sp³-hybridized carbons (Fsp3) is 0.0476. The Bertz CT molecular complexity index is 1030. The van der Waals surface area contributed by atoms with Crippen LogP contribution in [-0.4, -0.2) is 15.5 Å². The van der Waals surface area contributed by atoms with E-state index in [0.717, 1.165) is 27.7 Å². The summed E-state index contributed by atoms with van der Waals surface area (Å²) in [6.07, 6.45) is 3.84. The molecule has 0 radical (unpaired) electrons. The van der Waals surface area contributed by atoms with Crippen LogP contribution < -0.4 is 5.73 Å². The molecular weight excluding hydrogens is 310 g/mol. The molecule has 0 aliphatic heterocycles. The van der Waals surface area contributed by atoms with Crippen molar-refractivity contribution in [2.75, 3.05) is 0 Å². The molecule has 25 heavy (non-hydrogen) atoms. The van der Waals surface area contributed by atoms with Crippen molar-refractivity contribution in [3.05, 3.63) is 90.4 Å². The molecule has 2 heterocycles. The number of nitrogens with zero attached hydrogens (tertiary/aromatic N) is 2. The van der Waals surface area contributed by atoms with Gasteiger partial charge in [-0.05, 0) is 23.8 Å². The minimum Gasteiger partial charge on any atom is -0.366 e. The summed E-state index contributed by atoms with van der Waals surface area (Å²) >= 11 is 0. The van der Waals surface area contributed by atoms with Crippen molar-refractivity contribution in [2.24, 2.45) is 5.73 Å². The van der Waals surface area contributed by atoms with Crippen LogP contribution in [0.5, 0.6) is 0 Å². The topological polar surface area (TPSA) is 60.9 Å². The molecule has 1 amide bonds. The van der Waals surface area contributed by atoms with Crippen LogP contribution in [0, 0.1) is 0 Å². The highest BCUT2D eigenvalue weighted by atomic mass is 16.1. The number of pyridine rings is 1. The minimum atomic E-state index is -0.419. The first kappa shape index (κ1) is 15.1. The first-order valence-electron chi connectivity index (χ1n) is 8.10. The second-order valence-electron chi connectivity index (χ2n) is 5.96. The number of carbonyl (C=O) groups is 1. The van der Waals surface area contributed by atoms with E-state index in [1.54, 1.807) is 6.07 Å². The molecule has 4 heteroatoms. The fourth-order valence-electron chi connectivity index (χ4n) is 3.09. The molecule has 2 aromatic carbocycles. The van der Waals surface area contributed by atoms with Crippen molar-refractivity contribution in [1.29, 1.82) is 0 Å².